The minimum absolute atomic E-state index is 0. The van der Waals surface area contributed by atoms with E-state index in [1.807, 2.05) is 0 Å². The molecule has 9 nitrogen and oxygen atoms in total. The van der Waals surface area contributed by atoms with Crippen molar-refractivity contribution in [2.45, 2.75) is 19.9 Å². The van der Waals surface area contributed by atoms with Crippen molar-refractivity contribution in [1.29, 1.82) is 0 Å². The van der Waals surface area contributed by atoms with E-state index in [0.29, 0.717) is 12.1 Å². The quantitative estimate of drug-likeness (QED) is 0.452. The van der Waals surface area contributed by atoms with Gasteiger partial charge in [-0.15, -0.1) is 0 Å². The summed E-state index contributed by atoms with van der Waals surface area (Å²) in [5.41, 5.74) is 3.07. The average molecular weight is 324 g/mol. The van der Waals surface area contributed by atoms with Gasteiger partial charge >= 0.3 is 35.2 Å². The number of hydrogen-bond acceptors (Lipinski definition) is 6. The molecule has 3 N–H and O–H groups in total. The second-order valence-electron chi connectivity index (χ2n) is 4.60. The van der Waals surface area contributed by atoms with Gasteiger partial charge in [0.25, 0.3) is 5.69 Å². The molecule has 0 heterocycles. The number of carbonyl (C=O) groups excluding carboxylic acids is 1. The van der Waals surface area contributed by atoms with Gasteiger partial charge in [-0.25, -0.2) is 0 Å². The van der Waals surface area contributed by atoms with Crippen LogP contribution < -0.4 is 11.1 Å². The molecule has 1 aromatic carbocycles. The van der Waals surface area contributed by atoms with E-state index < -0.39 is 39.0 Å². The number of primary amides is 1. The number of nitrogens with zero attached hydrogens (tertiary/aromatic N) is 2. The summed E-state index contributed by atoms with van der Waals surface area (Å²) >= 11 is 0. The van der Waals surface area contributed by atoms with Gasteiger partial charge in [0.05, 0.1) is 15.9 Å². The zero-order valence-electron chi connectivity index (χ0n) is 11.2. The summed E-state index contributed by atoms with van der Waals surface area (Å²) in [5, 5.41) is 24.0. The molecule has 116 valence electrons. The number of carbonyl (C=O) groups is 1. The summed E-state index contributed by atoms with van der Waals surface area (Å²) in [4.78, 5) is 30.8. The molecule has 0 saturated carbocycles. The number of benzene rings is 1. The van der Waals surface area contributed by atoms with Gasteiger partial charge in [-0.2, -0.15) is 4.39 Å². The van der Waals surface area contributed by atoms with Crippen molar-refractivity contribution in [2.24, 2.45) is 11.7 Å². The van der Waals surface area contributed by atoms with Crippen LogP contribution in [0, 0.1) is 32.0 Å². The first-order valence-electron chi connectivity index (χ1n) is 5.83. The Morgan fingerprint density at radius 1 is 1.23 bits per heavy atom. The summed E-state index contributed by atoms with van der Waals surface area (Å²) < 4.78 is 13.6. The molecule has 0 spiro atoms. The van der Waals surface area contributed by atoms with Gasteiger partial charge < -0.3 is 11.1 Å². The van der Waals surface area contributed by atoms with Gasteiger partial charge in [0.15, 0.2) is 0 Å². The van der Waals surface area contributed by atoms with Crippen LogP contribution in [0.15, 0.2) is 12.1 Å². The Morgan fingerprint density at radius 3 is 2.09 bits per heavy atom. The third-order valence-corrected chi connectivity index (χ3v) is 2.74. The van der Waals surface area contributed by atoms with E-state index in [4.69, 9.17) is 5.73 Å². The van der Waals surface area contributed by atoms with Crippen LogP contribution >= 0.6 is 0 Å². The molecular formula is C11H14FN4NaO5. The van der Waals surface area contributed by atoms with Crippen molar-refractivity contribution in [2.75, 3.05) is 5.32 Å². The van der Waals surface area contributed by atoms with Crippen molar-refractivity contribution in [3.63, 3.8) is 0 Å². The zero-order chi connectivity index (χ0) is 16.3. The predicted octanol–water partition coefficient (Wildman–Crippen LogP) is 0.915. The van der Waals surface area contributed by atoms with Crippen LogP contribution in [0.4, 0.5) is 21.5 Å². The normalized spacial score (nSPS) is 11.5. The maximum absolute atomic E-state index is 13.6. The van der Waals surface area contributed by atoms with Gasteiger partial charge in [-0.05, 0) is 5.92 Å². The fourth-order valence-corrected chi connectivity index (χ4v) is 1.69. The minimum atomic E-state index is -1.25. The van der Waals surface area contributed by atoms with E-state index in [9.17, 15) is 29.4 Å². The molecular weight excluding hydrogens is 310 g/mol. The molecule has 0 aliphatic rings. The van der Waals surface area contributed by atoms with E-state index in [0.717, 1.165) is 0 Å². The maximum atomic E-state index is 13.6. The molecule has 1 atom stereocenters. The molecule has 0 bridgehead atoms. The van der Waals surface area contributed by atoms with Crippen LogP contribution in [0.1, 0.15) is 13.8 Å². The summed E-state index contributed by atoms with van der Waals surface area (Å²) in [6.45, 7) is 3.27. The van der Waals surface area contributed by atoms with Gasteiger partial charge in [0, 0.05) is 6.07 Å². The van der Waals surface area contributed by atoms with Gasteiger partial charge in [-0.1, -0.05) is 13.8 Å². The molecule has 1 rings (SSSR count). The molecule has 1 aromatic rings. The fraction of sp³-hybridized carbons (Fsp3) is 0.364. The molecule has 1 amide bonds. The number of nitro groups is 2. The number of nitro benzene ring substituents is 2. The molecule has 0 fully saturated rings. The third kappa shape index (κ3) is 4.61. The second kappa shape index (κ2) is 8.01. The standard InChI is InChI=1S/C11H13FN4O5.Na.H/c1-5(2)10(11(13)17)14-7-3-6(12)8(15(18)19)4-9(7)16(20)21;;/h3-5,10,14H,1-2H3,(H2,13,17);;/t10-;;/m0../s1. The molecule has 0 unspecified atom stereocenters. The summed E-state index contributed by atoms with van der Waals surface area (Å²) in [6.07, 6.45) is 0. The van der Waals surface area contributed by atoms with Crippen molar-refractivity contribution < 1.29 is 19.0 Å². The number of nitrogens with one attached hydrogen (secondary N) is 1. The van der Waals surface area contributed by atoms with Gasteiger partial charge in [-0.3, -0.25) is 25.0 Å². The number of rotatable bonds is 6. The predicted molar refractivity (Wildman–Crippen MR) is 78.3 cm³/mol. The Morgan fingerprint density at radius 2 is 1.73 bits per heavy atom. The number of hydrogen-bond donors (Lipinski definition) is 2. The Balaban J connectivity index is 0.00000441. The SMILES string of the molecule is CC(C)[C@H](Nc1cc(F)c([N+](=O)[O-])cc1[N+](=O)[O-])C(N)=O.[NaH]. The van der Waals surface area contributed by atoms with Crippen molar-refractivity contribution in [3.05, 3.63) is 38.2 Å². The van der Waals surface area contributed by atoms with Gasteiger partial charge in [0.1, 0.15) is 11.7 Å². The topological polar surface area (TPSA) is 141 Å². The second-order valence-corrected chi connectivity index (χ2v) is 4.60. The molecule has 0 aliphatic heterocycles. The Bertz CT molecular complexity index is 610. The van der Waals surface area contributed by atoms with Crippen LogP contribution in [0.3, 0.4) is 0 Å². The molecule has 11 heteroatoms. The molecule has 0 aromatic heterocycles. The summed E-state index contributed by atoms with van der Waals surface area (Å²) in [7, 11) is 0. The number of halogens is 1. The molecule has 0 radical (unpaired) electrons. The molecule has 22 heavy (non-hydrogen) atoms. The number of amides is 1. The van der Waals surface area contributed by atoms with Crippen molar-refractivity contribution >= 4 is 52.5 Å². The number of nitrogens with two attached hydrogens (primary N) is 1. The van der Waals surface area contributed by atoms with E-state index in [2.05, 4.69) is 5.32 Å². The Hall–Kier alpha value is -1.78. The van der Waals surface area contributed by atoms with Crippen LogP contribution in [-0.2, 0) is 4.79 Å². The monoisotopic (exact) mass is 324 g/mol. The van der Waals surface area contributed by atoms with Crippen LogP contribution in [-0.4, -0.2) is 51.4 Å². The zero-order valence-corrected chi connectivity index (χ0v) is 11.2. The van der Waals surface area contributed by atoms with Crippen LogP contribution in [0.2, 0.25) is 0 Å². The van der Waals surface area contributed by atoms with E-state index >= 15 is 0 Å². The Kier molecular flexibility index (Phi) is 7.36. The molecule has 0 saturated heterocycles. The Labute approximate surface area is 146 Å². The van der Waals surface area contributed by atoms with Crippen molar-refractivity contribution in [3.8, 4) is 0 Å². The molecule has 0 aliphatic carbocycles. The van der Waals surface area contributed by atoms with Crippen molar-refractivity contribution in [1.82, 2.24) is 0 Å². The first-order valence-corrected chi connectivity index (χ1v) is 5.83. The number of anilines is 1. The average Bonchev–Trinajstić information content (AvgIpc) is 2.34. The van der Waals surface area contributed by atoms with E-state index in [-0.39, 0.29) is 41.2 Å². The van der Waals surface area contributed by atoms with E-state index in [1.54, 1.807) is 13.8 Å². The third-order valence-electron chi connectivity index (χ3n) is 2.74. The van der Waals surface area contributed by atoms with Crippen LogP contribution in [0.25, 0.3) is 0 Å². The fourth-order valence-electron chi connectivity index (χ4n) is 1.69. The van der Waals surface area contributed by atoms with Gasteiger partial charge in [0.2, 0.25) is 11.7 Å². The summed E-state index contributed by atoms with van der Waals surface area (Å²) in [5.74, 6) is -2.35. The first kappa shape index (κ1) is 20.2. The summed E-state index contributed by atoms with van der Waals surface area (Å²) in [6, 6.07) is 0.120. The van der Waals surface area contributed by atoms with Crippen LogP contribution in [0.5, 0.6) is 0 Å². The first-order chi connectivity index (χ1) is 9.65. The van der Waals surface area contributed by atoms with E-state index in [1.165, 1.54) is 0 Å².